The van der Waals surface area contributed by atoms with E-state index in [4.69, 9.17) is 4.74 Å². The number of thioether (sulfide) groups is 1. The summed E-state index contributed by atoms with van der Waals surface area (Å²) in [5.74, 6) is -0.676. The van der Waals surface area contributed by atoms with Crippen molar-refractivity contribution in [3.63, 3.8) is 0 Å². The Bertz CT molecular complexity index is 1140. The summed E-state index contributed by atoms with van der Waals surface area (Å²) in [6, 6.07) is 23.1. The van der Waals surface area contributed by atoms with Crippen molar-refractivity contribution in [3.8, 4) is 0 Å². The Morgan fingerprint density at radius 2 is 1.50 bits per heavy atom. The Balaban J connectivity index is 1.47. The average molecular weight is 493 g/mol. The first-order valence-corrected chi connectivity index (χ1v) is 13.0. The number of hydrogen-bond donors (Lipinski definition) is 1. The molecule has 1 aliphatic heterocycles. The fraction of sp³-hybridized carbons (Fsp3) is 0.192. The number of nitrogens with one attached hydrogen (secondary N) is 1. The molecule has 0 aromatic heterocycles. The number of benzene rings is 3. The highest BCUT2D eigenvalue weighted by Gasteiger charge is 2.30. The van der Waals surface area contributed by atoms with E-state index in [9.17, 15) is 14.4 Å². The maximum absolute atomic E-state index is 13.3. The van der Waals surface area contributed by atoms with Crippen LogP contribution in [0.4, 0.5) is 11.4 Å². The first kappa shape index (κ1) is 23.9. The number of ether oxygens (including phenoxy) is 1. The van der Waals surface area contributed by atoms with Crippen LogP contribution in [0.1, 0.15) is 16.8 Å². The molecule has 0 bridgehead atoms. The van der Waals surface area contributed by atoms with Crippen LogP contribution in [0.3, 0.4) is 0 Å². The Morgan fingerprint density at radius 1 is 0.912 bits per heavy atom. The van der Waals surface area contributed by atoms with Crippen molar-refractivity contribution in [1.82, 2.24) is 5.32 Å². The molecule has 0 radical (unpaired) electrons. The van der Waals surface area contributed by atoms with Gasteiger partial charge in [0, 0.05) is 15.4 Å². The zero-order chi connectivity index (χ0) is 23.9. The van der Waals surface area contributed by atoms with Crippen molar-refractivity contribution in [2.75, 3.05) is 23.5 Å². The molecule has 0 aliphatic carbocycles. The zero-order valence-electron chi connectivity index (χ0n) is 18.6. The van der Waals surface area contributed by atoms with Crippen LogP contribution in [0.25, 0.3) is 0 Å². The summed E-state index contributed by atoms with van der Waals surface area (Å²) in [7, 11) is 0. The molecule has 2 amide bonds. The van der Waals surface area contributed by atoms with Gasteiger partial charge in [-0.15, -0.1) is 0 Å². The minimum Gasteiger partial charge on any atom is -0.454 e. The molecule has 0 unspecified atom stereocenters. The SMILES string of the molecule is CSCC[C@H](NC(=O)c1ccccc1)C(=O)OCC(=O)N1c2ccccc2Sc2ccccc21. The fourth-order valence-electron chi connectivity index (χ4n) is 3.59. The number of amides is 2. The van der Waals surface area contributed by atoms with Gasteiger partial charge in [-0.1, -0.05) is 54.2 Å². The molecule has 4 rings (SSSR count). The van der Waals surface area contributed by atoms with E-state index in [1.54, 1.807) is 52.7 Å². The van der Waals surface area contributed by atoms with E-state index in [-0.39, 0.29) is 11.8 Å². The van der Waals surface area contributed by atoms with E-state index in [1.165, 1.54) is 0 Å². The third-order valence-electron chi connectivity index (χ3n) is 5.26. The monoisotopic (exact) mass is 492 g/mol. The Morgan fingerprint density at radius 3 is 2.12 bits per heavy atom. The van der Waals surface area contributed by atoms with Gasteiger partial charge in [-0.2, -0.15) is 11.8 Å². The van der Waals surface area contributed by atoms with Crippen LogP contribution in [0.2, 0.25) is 0 Å². The maximum atomic E-state index is 13.3. The number of anilines is 2. The van der Waals surface area contributed by atoms with Crippen LogP contribution in [-0.4, -0.2) is 42.4 Å². The molecule has 1 N–H and O–H groups in total. The summed E-state index contributed by atoms with van der Waals surface area (Å²) in [6.45, 7) is -0.427. The van der Waals surface area contributed by atoms with Crippen molar-refractivity contribution in [2.24, 2.45) is 0 Å². The Labute approximate surface area is 207 Å². The average Bonchev–Trinajstić information content (AvgIpc) is 2.88. The Hall–Kier alpha value is -3.23. The van der Waals surface area contributed by atoms with Crippen LogP contribution < -0.4 is 10.2 Å². The summed E-state index contributed by atoms with van der Waals surface area (Å²) in [5.41, 5.74) is 1.96. The number of fused-ring (bicyclic) bond motifs is 2. The van der Waals surface area contributed by atoms with Gasteiger partial charge in [0.1, 0.15) is 6.04 Å². The van der Waals surface area contributed by atoms with E-state index in [2.05, 4.69) is 5.32 Å². The molecule has 174 valence electrons. The molecule has 1 atom stereocenters. The zero-order valence-corrected chi connectivity index (χ0v) is 20.2. The number of hydrogen-bond acceptors (Lipinski definition) is 6. The molecule has 34 heavy (non-hydrogen) atoms. The summed E-state index contributed by atoms with van der Waals surface area (Å²) in [4.78, 5) is 42.2. The lowest BCUT2D eigenvalue weighted by Gasteiger charge is -2.31. The minimum atomic E-state index is -0.843. The van der Waals surface area contributed by atoms with Gasteiger partial charge in [-0.3, -0.25) is 14.5 Å². The Kier molecular flexibility index (Phi) is 7.92. The predicted molar refractivity (Wildman–Crippen MR) is 136 cm³/mol. The molecule has 8 heteroatoms. The quantitative estimate of drug-likeness (QED) is 0.451. The molecule has 1 heterocycles. The first-order valence-electron chi connectivity index (χ1n) is 10.8. The molecule has 3 aromatic rings. The lowest BCUT2D eigenvalue weighted by molar-refractivity contribution is -0.149. The molecule has 3 aromatic carbocycles. The second-order valence-corrected chi connectivity index (χ2v) is 9.62. The predicted octanol–water partition coefficient (Wildman–Crippen LogP) is 4.91. The van der Waals surface area contributed by atoms with Crippen LogP contribution in [0.5, 0.6) is 0 Å². The molecule has 6 nitrogen and oxygen atoms in total. The molecule has 1 aliphatic rings. The highest BCUT2D eigenvalue weighted by molar-refractivity contribution is 7.99. The van der Waals surface area contributed by atoms with Gasteiger partial charge < -0.3 is 10.1 Å². The van der Waals surface area contributed by atoms with E-state index < -0.39 is 18.6 Å². The summed E-state index contributed by atoms with van der Waals surface area (Å²) >= 11 is 3.16. The number of carbonyl (C=O) groups excluding carboxylic acids is 3. The van der Waals surface area contributed by atoms with Crippen molar-refractivity contribution in [2.45, 2.75) is 22.3 Å². The third-order valence-corrected chi connectivity index (χ3v) is 7.03. The van der Waals surface area contributed by atoms with E-state index in [0.29, 0.717) is 17.7 Å². The highest BCUT2D eigenvalue weighted by atomic mass is 32.2. The van der Waals surface area contributed by atoms with Crippen LogP contribution >= 0.6 is 23.5 Å². The third kappa shape index (κ3) is 5.46. The minimum absolute atomic E-state index is 0.355. The first-order chi connectivity index (χ1) is 16.6. The topological polar surface area (TPSA) is 75.7 Å². The van der Waals surface area contributed by atoms with Crippen LogP contribution in [-0.2, 0) is 14.3 Å². The van der Waals surface area contributed by atoms with Crippen molar-refractivity contribution >= 4 is 52.7 Å². The molecular weight excluding hydrogens is 468 g/mol. The van der Waals surface area contributed by atoms with Gasteiger partial charge in [0.15, 0.2) is 6.61 Å². The van der Waals surface area contributed by atoms with E-state index in [0.717, 1.165) is 21.2 Å². The number of para-hydroxylation sites is 2. The van der Waals surface area contributed by atoms with Gasteiger partial charge in [0.05, 0.1) is 11.4 Å². The molecule has 0 fully saturated rings. The molecule has 0 spiro atoms. The van der Waals surface area contributed by atoms with E-state index in [1.807, 2.05) is 60.9 Å². The van der Waals surface area contributed by atoms with Crippen LogP contribution in [0.15, 0.2) is 88.7 Å². The molecule has 0 saturated carbocycles. The number of rotatable bonds is 8. The second kappa shape index (κ2) is 11.3. The lowest BCUT2D eigenvalue weighted by Crippen LogP contribution is -2.43. The molecule has 0 saturated heterocycles. The number of nitrogens with zero attached hydrogens (tertiary/aromatic N) is 1. The summed E-state index contributed by atoms with van der Waals surface area (Å²) in [5, 5.41) is 2.75. The maximum Gasteiger partial charge on any atom is 0.329 e. The van der Waals surface area contributed by atoms with Gasteiger partial charge in [-0.25, -0.2) is 4.79 Å². The van der Waals surface area contributed by atoms with Gasteiger partial charge in [0.25, 0.3) is 11.8 Å². The van der Waals surface area contributed by atoms with Crippen LogP contribution in [0, 0.1) is 0 Å². The van der Waals surface area contributed by atoms with E-state index >= 15 is 0 Å². The number of carbonyl (C=O) groups is 3. The summed E-state index contributed by atoms with van der Waals surface area (Å²) < 4.78 is 5.42. The van der Waals surface area contributed by atoms with Gasteiger partial charge in [0.2, 0.25) is 0 Å². The number of esters is 1. The van der Waals surface area contributed by atoms with Crippen molar-refractivity contribution in [1.29, 1.82) is 0 Å². The van der Waals surface area contributed by atoms with Crippen molar-refractivity contribution < 1.29 is 19.1 Å². The fourth-order valence-corrected chi connectivity index (χ4v) is 5.12. The lowest BCUT2D eigenvalue weighted by atomic mass is 10.1. The van der Waals surface area contributed by atoms with Gasteiger partial charge in [-0.05, 0) is 54.8 Å². The van der Waals surface area contributed by atoms with Gasteiger partial charge >= 0.3 is 5.97 Å². The van der Waals surface area contributed by atoms with Crippen molar-refractivity contribution in [3.05, 3.63) is 84.4 Å². The summed E-state index contributed by atoms with van der Waals surface area (Å²) in [6.07, 6.45) is 2.33. The standard InChI is InChI=1S/C26H24N2O4S2/c1-33-16-15-19(27-25(30)18-9-3-2-4-10-18)26(31)32-17-24(29)28-20-11-5-7-13-22(20)34-23-14-8-6-12-21(23)28/h2-14,19H,15-17H2,1H3,(H,27,30)/t19-/m0/s1. The normalized spacial score (nSPS) is 12.8. The largest absolute Gasteiger partial charge is 0.454 e. The molecular formula is C26H24N2O4S2. The second-order valence-electron chi connectivity index (χ2n) is 7.55. The highest BCUT2D eigenvalue weighted by Crippen LogP contribution is 2.47. The smallest absolute Gasteiger partial charge is 0.329 e.